The molecule has 1 aromatic heterocycles. The number of rotatable bonds is 8. The van der Waals surface area contributed by atoms with E-state index in [0.717, 1.165) is 38.9 Å². The minimum Gasteiger partial charge on any atom is -0.493 e. The van der Waals surface area contributed by atoms with Gasteiger partial charge in [0, 0.05) is 44.5 Å². The van der Waals surface area contributed by atoms with Crippen molar-refractivity contribution in [2.75, 3.05) is 51.1 Å². The largest absolute Gasteiger partial charge is 0.493 e. The van der Waals surface area contributed by atoms with Gasteiger partial charge in [0.15, 0.2) is 23.1 Å². The van der Waals surface area contributed by atoms with E-state index in [0.29, 0.717) is 23.1 Å². The second-order valence-corrected chi connectivity index (χ2v) is 7.45. The van der Waals surface area contributed by atoms with Crippen LogP contribution in [0.3, 0.4) is 0 Å². The molecule has 0 atom stereocenters. The van der Waals surface area contributed by atoms with Gasteiger partial charge in [0.25, 0.3) is 0 Å². The lowest BCUT2D eigenvalue weighted by atomic mass is 10.2. The monoisotopic (exact) mass is 438 g/mol. The molecule has 168 valence electrons. The third-order valence-electron chi connectivity index (χ3n) is 5.27. The molecule has 4 rings (SSSR count). The van der Waals surface area contributed by atoms with E-state index in [-0.39, 0.29) is 5.82 Å². The Morgan fingerprint density at radius 1 is 0.969 bits per heavy atom. The van der Waals surface area contributed by atoms with E-state index in [4.69, 9.17) is 9.47 Å². The van der Waals surface area contributed by atoms with E-state index in [1.54, 1.807) is 32.4 Å². The first-order valence-electron chi connectivity index (χ1n) is 10.4. The molecule has 0 amide bonds. The van der Waals surface area contributed by atoms with Gasteiger partial charge >= 0.3 is 0 Å². The van der Waals surface area contributed by atoms with Gasteiger partial charge in [0.2, 0.25) is 5.95 Å². The fourth-order valence-electron chi connectivity index (χ4n) is 3.56. The molecule has 0 aliphatic carbocycles. The predicted molar refractivity (Wildman–Crippen MR) is 122 cm³/mol. The molecular weight excluding hydrogens is 411 g/mol. The normalized spacial score (nSPS) is 14.7. The maximum absolute atomic E-state index is 14.3. The summed E-state index contributed by atoms with van der Waals surface area (Å²) in [6, 6.07) is 15.7. The van der Waals surface area contributed by atoms with Gasteiger partial charge in [-0.15, -0.1) is 0 Å². The number of anilines is 3. The first-order chi connectivity index (χ1) is 15.6. The number of halogens is 1. The molecule has 1 aliphatic rings. The number of benzene rings is 2. The number of nitrogens with one attached hydrogen (secondary N) is 2. The van der Waals surface area contributed by atoms with Gasteiger partial charge in [-0.1, -0.05) is 30.3 Å². The lowest BCUT2D eigenvalue weighted by Crippen LogP contribution is -2.48. The molecule has 0 saturated carbocycles. The van der Waals surface area contributed by atoms with Crippen molar-refractivity contribution in [3.63, 3.8) is 0 Å². The topological polar surface area (TPSA) is 74.8 Å². The molecule has 9 heteroatoms. The van der Waals surface area contributed by atoms with Gasteiger partial charge in [-0.2, -0.15) is 4.98 Å². The van der Waals surface area contributed by atoms with Gasteiger partial charge < -0.3 is 14.8 Å². The first kappa shape index (κ1) is 21.8. The fourth-order valence-corrected chi connectivity index (χ4v) is 3.56. The third-order valence-corrected chi connectivity index (χ3v) is 5.27. The molecule has 0 unspecified atom stereocenters. The number of nitrogens with zero attached hydrogens (tertiary/aromatic N) is 4. The average Bonchev–Trinajstić information content (AvgIpc) is 2.83. The van der Waals surface area contributed by atoms with Crippen molar-refractivity contribution in [1.29, 1.82) is 0 Å². The van der Waals surface area contributed by atoms with E-state index in [2.05, 4.69) is 54.9 Å². The summed E-state index contributed by atoms with van der Waals surface area (Å²) in [7, 11) is 3.11. The number of hydrogen-bond donors (Lipinski definition) is 2. The van der Waals surface area contributed by atoms with Crippen molar-refractivity contribution >= 4 is 17.5 Å². The van der Waals surface area contributed by atoms with Crippen LogP contribution in [-0.2, 0) is 6.54 Å². The van der Waals surface area contributed by atoms with Crippen LogP contribution in [0.4, 0.5) is 21.8 Å². The van der Waals surface area contributed by atoms with Gasteiger partial charge in [-0.25, -0.2) is 14.4 Å². The van der Waals surface area contributed by atoms with Gasteiger partial charge in [0.05, 0.1) is 20.4 Å². The predicted octanol–water partition coefficient (Wildman–Crippen LogP) is 3.52. The number of piperazine rings is 1. The van der Waals surface area contributed by atoms with Crippen molar-refractivity contribution in [1.82, 2.24) is 19.9 Å². The van der Waals surface area contributed by atoms with Crippen LogP contribution >= 0.6 is 0 Å². The van der Waals surface area contributed by atoms with E-state index >= 15 is 0 Å². The molecule has 2 N–H and O–H groups in total. The molecule has 3 aromatic rings. The van der Waals surface area contributed by atoms with E-state index < -0.39 is 5.82 Å². The second kappa shape index (κ2) is 10.3. The highest BCUT2D eigenvalue weighted by molar-refractivity contribution is 5.62. The van der Waals surface area contributed by atoms with Crippen molar-refractivity contribution in [3.8, 4) is 11.5 Å². The van der Waals surface area contributed by atoms with Crippen LogP contribution in [0.1, 0.15) is 5.56 Å². The standard InChI is InChI=1S/C23H27FN6O2/c1-31-20-9-8-18(14-21(20)32-2)26-22-19(24)15-25-23(27-22)28-30-12-10-29(11-13-30)16-17-6-4-3-5-7-17/h3-9,14-15H,10-13,16H2,1-2H3,(H2,25,26,27,28). The molecule has 32 heavy (non-hydrogen) atoms. The summed E-state index contributed by atoms with van der Waals surface area (Å²) in [5.74, 6) is 1.01. The SMILES string of the molecule is COc1ccc(Nc2nc(NN3CCN(Cc4ccccc4)CC3)ncc2F)cc1OC. The van der Waals surface area contributed by atoms with Gasteiger partial charge in [-0.3, -0.25) is 10.3 Å². The zero-order chi connectivity index (χ0) is 22.3. The fraction of sp³-hybridized carbons (Fsp3) is 0.304. The second-order valence-electron chi connectivity index (χ2n) is 7.45. The van der Waals surface area contributed by atoms with Crippen LogP contribution < -0.4 is 20.2 Å². The number of methoxy groups -OCH3 is 2. The molecule has 1 fully saturated rings. The highest BCUT2D eigenvalue weighted by Gasteiger charge is 2.18. The Bertz CT molecular complexity index is 1030. The number of aromatic nitrogens is 2. The summed E-state index contributed by atoms with van der Waals surface area (Å²) in [5.41, 5.74) is 5.13. The Kier molecular flexibility index (Phi) is 6.98. The van der Waals surface area contributed by atoms with E-state index in [9.17, 15) is 4.39 Å². The van der Waals surface area contributed by atoms with Crippen LogP contribution in [0.15, 0.2) is 54.7 Å². The minimum atomic E-state index is -0.544. The molecule has 0 radical (unpaired) electrons. The summed E-state index contributed by atoms with van der Waals surface area (Å²) in [6.45, 7) is 4.39. The van der Waals surface area contributed by atoms with E-state index in [1.165, 1.54) is 5.56 Å². The molecule has 2 heterocycles. The Morgan fingerprint density at radius 2 is 1.72 bits per heavy atom. The molecule has 2 aromatic carbocycles. The van der Waals surface area contributed by atoms with Crippen LogP contribution in [0.25, 0.3) is 0 Å². The number of ether oxygens (including phenoxy) is 2. The third kappa shape index (κ3) is 5.43. The van der Waals surface area contributed by atoms with Crippen molar-refractivity contribution in [2.45, 2.75) is 6.54 Å². The average molecular weight is 439 g/mol. The zero-order valence-corrected chi connectivity index (χ0v) is 18.2. The number of hydrazine groups is 1. The van der Waals surface area contributed by atoms with Crippen molar-refractivity contribution in [2.24, 2.45) is 0 Å². The zero-order valence-electron chi connectivity index (χ0n) is 18.2. The maximum Gasteiger partial charge on any atom is 0.239 e. The Morgan fingerprint density at radius 3 is 2.44 bits per heavy atom. The smallest absolute Gasteiger partial charge is 0.239 e. The molecule has 0 spiro atoms. The Labute approximate surface area is 187 Å². The molecule has 1 aliphatic heterocycles. The maximum atomic E-state index is 14.3. The van der Waals surface area contributed by atoms with Crippen LogP contribution in [0.5, 0.6) is 11.5 Å². The van der Waals surface area contributed by atoms with E-state index in [1.807, 2.05) is 6.07 Å². The lowest BCUT2D eigenvalue weighted by Gasteiger charge is -2.34. The molecule has 1 saturated heterocycles. The highest BCUT2D eigenvalue weighted by atomic mass is 19.1. The molecular formula is C23H27FN6O2. The summed E-state index contributed by atoms with van der Waals surface area (Å²) in [6.07, 6.45) is 1.16. The lowest BCUT2D eigenvalue weighted by molar-refractivity contribution is 0.146. The summed E-state index contributed by atoms with van der Waals surface area (Å²) < 4.78 is 24.9. The molecule has 0 bridgehead atoms. The summed E-state index contributed by atoms with van der Waals surface area (Å²) in [4.78, 5) is 10.8. The Hall–Kier alpha value is -3.43. The highest BCUT2D eigenvalue weighted by Crippen LogP contribution is 2.31. The van der Waals surface area contributed by atoms with Gasteiger partial charge in [-0.05, 0) is 17.7 Å². The van der Waals surface area contributed by atoms with Crippen LogP contribution in [-0.4, -0.2) is 60.3 Å². The van der Waals surface area contributed by atoms with Gasteiger partial charge in [0.1, 0.15) is 0 Å². The Balaban J connectivity index is 1.36. The first-order valence-corrected chi connectivity index (χ1v) is 10.4. The van der Waals surface area contributed by atoms with Crippen LogP contribution in [0, 0.1) is 5.82 Å². The van der Waals surface area contributed by atoms with Crippen molar-refractivity contribution < 1.29 is 13.9 Å². The van der Waals surface area contributed by atoms with Crippen LogP contribution in [0.2, 0.25) is 0 Å². The molecule has 8 nitrogen and oxygen atoms in total. The summed E-state index contributed by atoms with van der Waals surface area (Å²) >= 11 is 0. The quantitative estimate of drug-likeness (QED) is 0.553. The van der Waals surface area contributed by atoms with Crippen molar-refractivity contribution in [3.05, 3.63) is 66.1 Å². The minimum absolute atomic E-state index is 0.0810. The number of hydrogen-bond acceptors (Lipinski definition) is 8. The summed E-state index contributed by atoms with van der Waals surface area (Å²) in [5, 5.41) is 5.03.